The first kappa shape index (κ1) is 12.5. The Morgan fingerprint density at radius 2 is 2.35 bits per heavy atom. The maximum Gasteiger partial charge on any atom is 0.317 e. The largest absolute Gasteiger partial charge is 0.406 e. The minimum atomic E-state index is -0.353. The monoisotopic (exact) mass is 331 g/mol. The van der Waals surface area contributed by atoms with Gasteiger partial charge in [-0.25, -0.2) is 4.98 Å². The Bertz CT molecular complexity index is 530. The average molecular weight is 333 g/mol. The first-order chi connectivity index (χ1) is 8.15. The van der Waals surface area contributed by atoms with E-state index in [9.17, 15) is 4.79 Å². The highest BCUT2D eigenvalue weighted by atomic mass is 79.9. The van der Waals surface area contributed by atoms with E-state index in [0.717, 1.165) is 10.0 Å². The number of carbonyl (C=O) groups is 1. The van der Waals surface area contributed by atoms with E-state index in [4.69, 9.17) is 16.3 Å². The highest BCUT2D eigenvalue weighted by Crippen LogP contribution is 2.23. The van der Waals surface area contributed by atoms with E-state index < -0.39 is 0 Å². The highest BCUT2D eigenvalue weighted by molar-refractivity contribution is 9.10. The summed E-state index contributed by atoms with van der Waals surface area (Å²) in [7, 11) is 0. The lowest BCUT2D eigenvalue weighted by Gasteiger charge is -2.03. The Morgan fingerprint density at radius 3 is 3.00 bits per heavy atom. The van der Waals surface area contributed by atoms with Crippen molar-refractivity contribution < 1.29 is 9.53 Å². The molecule has 6 heteroatoms. The van der Waals surface area contributed by atoms with E-state index in [1.165, 1.54) is 11.3 Å². The molecule has 0 amide bonds. The Kier molecular flexibility index (Phi) is 4.15. The molecule has 0 N–H and O–H groups in total. The standard InChI is InChI=1S/C11H7BrClNO2S/c12-8-2-1-7(3-9(8)13)4-11(15)16-10-5-17-6-14-10/h1-3,5-6H,4H2. The third-order valence-electron chi connectivity index (χ3n) is 1.96. The lowest BCUT2D eigenvalue weighted by Crippen LogP contribution is -2.11. The van der Waals surface area contributed by atoms with Gasteiger partial charge in [0, 0.05) is 4.47 Å². The van der Waals surface area contributed by atoms with E-state index in [0.29, 0.717) is 10.9 Å². The van der Waals surface area contributed by atoms with Gasteiger partial charge in [0.15, 0.2) is 0 Å². The Balaban J connectivity index is 2.00. The normalized spacial score (nSPS) is 10.2. The van der Waals surface area contributed by atoms with Crippen molar-refractivity contribution in [2.24, 2.45) is 0 Å². The van der Waals surface area contributed by atoms with Crippen molar-refractivity contribution >= 4 is 44.8 Å². The van der Waals surface area contributed by atoms with Gasteiger partial charge in [0.1, 0.15) is 0 Å². The van der Waals surface area contributed by atoms with Crippen molar-refractivity contribution in [1.29, 1.82) is 0 Å². The summed E-state index contributed by atoms with van der Waals surface area (Å²) in [5.41, 5.74) is 2.41. The molecule has 1 heterocycles. The zero-order valence-electron chi connectivity index (χ0n) is 8.52. The van der Waals surface area contributed by atoms with Gasteiger partial charge in [-0.15, -0.1) is 11.3 Å². The third-order valence-corrected chi connectivity index (χ3v) is 3.76. The number of benzene rings is 1. The van der Waals surface area contributed by atoms with Crippen molar-refractivity contribution in [3.8, 4) is 5.88 Å². The predicted molar refractivity (Wildman–Crippen MR) is 70.6 cm³/mol. The first-order valence-corrected chi connectivity index (χ1v) is 6.79. The molecule has 0 saturated heterocycles. The van der Waals surface area contributed by atoms with Crippen LogP contribution in [0.15, 0.2) is 33.6 Å². The van der Waals surface area contributed by atoms with E-state index in [1.807, 2.05) is 6.07 Å². The van der Waals surface area contributed by atoms with Crippen LogP contribution in [0.25, 0.3) is 0 Å². The molecular weight excluding hydrogens is 326 g/mol. The molecule has 3 nitrogen and oxygen atoms in total. The number of carbonyl (C=O) groups excluding carboxylic acids is 1. The molecule has 0 atom stereocenters. The van der Waals surface area contributed by atoms with Crippen molar-refractivity contribution in [2.45, 2.75) is 6.42 Å². The van der Waals surface area contributed by atoms with Gasteiger partial charge >= 0.3 is 5.97 Å². The van der Waals surface area contributed by atoms with Gasteiger partial charge in [0.25, 0.3) is 0 Å². The molecule has 88 valence electrons. The third kappa shape index (κ3) is 3.52. The lowest BCUT2D eigenvalue weighted by molar-refractivity contribution is -0.133. The second kappa shape index (κ2) is 5.62. The summed E-state index contributed by atoms with van der Waals surface area (Å²) < 4.78 is 5.84. The van der Waals surface area contributed by atoms with Crippen LogP contribution in [0.3, 0.4) is 0 Å². The molecule has 0 aliphatic heterocycles. The van der Waals surface area contributed by atoms with Gasteiger partial charge in [-0.2, -0.15) is 0 Å². The van der Waals surface area contributed by atoms with Gasteiger partial charge in [-0.3, -0.25) is 4.79 Å². The fourth-order valence-corrected chi connectivity index (χ4v) is 2.12. The smallest absolute Gasteiger partial charge is 0.317 e. The Labute approximate surface area is 116 Å². The summed E-state index contributed by atoms with van der Waals surface area (Å²) in [6.07, 6.45) is 0.171. The molecule has 2 aromatic rings. The molecule has 0 aliphatic rings. The van der Waals surface area contributed by atoms with Crippen molar-refractivity contribution in [1.82, 2.24) is 4.98 Å². The summed E-state index contributed by atoms with van der Waals surface area (Å²) in [6.45, 7) is 0. The molecule has 1 aromatic heterocycles. The molecule has 0 spiro atoms. The zero-order valence-corrected chi connectivity index (χ0v) is 11.7. The number of thiazole rings is 1. The predicted octanol–water partition coefficient (Wildman–Crippen LogP) is 3.71. The summed E-state index contributed by atoms with van der Waals surface area (Å²) in [5, 5.41) is 2.25. The second-order valence-corrected chi connectivity index (χ2v) is 5.21. The number of esters is 1. The summed E-state index contributed by atoms with van der Waals surface area (Å²) >= 11 is 10.6. The summed E-state index contributed by atoms with van der Waals surface area (Å²) in [4.78, 5) is 15.4. The quantitative estimate of drug-likeness (QED) is 0.804. The van der Waals surface area contributed by atoms with Crippen LogP contribution >= 0.6 is 38.9 Å². The molecule has 0 bridgehead atoms. The van der Waals surface area contributed by atoms with Crippen molar-refractivity contribution in [2.75, 3.05) is 0 Å². The van der Waals surface area contributed by atoms with Gasteiger partial charge in [0.2, 0.25) is 5.88 Å². The first-order valence-electron chi connectivity index (χ1n) is 4.68. The number of ether oxygens (including phenoxy) is 1. The SMILES string of the molecule is O=C(Cc1ccc(Br)c(Cl)c1)Oc1cscn1. The molecule has 2 rings (SSSR count). The molecule has 0 radical (unpaired) electrons. The van der Waals surface area contributed by atoms with Gasteiger partial charge in [0.05, 0.1) is 22.3 Å². The number of rotatable bonds is 3. The molecule has 17 heavy (non-hydrogen) atoms. The van der Waals surface area contributed by atoms with Crippen LogP contribution in [0.5, 0.6) is 5.88 Å². The minimum Gasteiger partial charge on any atom is -0.406 e. The van der Waals surface area contributed by atoms with Gasteiger partial charge < -0.3 is 4.74 Å². The van der Waals surface area contributed by atoms with Gasteiger partial charge in [-0.05, 0) is 33.6 Å². The van der Waals surface area contributed by atoms with E-state index in [2.05, 4.69) is 20.9 Å². The molecule has 1 aromatic carbocycles. The second-order valence-electron chi connectivity index (χ2n) is 3.23. The summed E-state index contributed by atoms with van der Waals surface area (Å²) in [6, 6.07) is 5.35. The summed E-state index contributed by atoms with van der Waals surface area (Å²) in [5.74, 6) is -0.0162. The van der Waals surface area contributed by atoms with Crippen LogP contribution in [0.1, 0.15) is 5.56 Å². The fourth-order valence-electron chi connectivity index (χ4n) is 1.22. The maximum atomic E-state index is 11.6. The molecule has 0 saturated carbocycles. The minimum absolute atomic E-state index is 0.171. The molecule has 0 fully saturated rings. The molecular formula is C11H7BrClNO2S. The average Bonchev–Trinajstić information content (AvgIpc) is 2.76. The molecule has 0 unspecified atom stereocenters. The number of nitrogens with zero attached hydrogens (tertiary/aromatic N) is 1. The topological polar surface area (TPSA) is 39.2 Å². The van der Waals surface area contributed by atoms with Crippen LogP contribution in [0, 0.1) is 0 Å². The van der Waals surface area contributed by atoms with Crippen molar-refractivity contribution in [3.05, 3.63) is 44.1 Å². The fraction of sp³-hybridized carbons (Fsp3) is 0.0909. The van der Waals surface area contributed by atoms with Crippen LogP contribution in [-0.4, -0.2) is 11.0 Å². The van der Waals surface area contributed by atoms with E-state index in [1.54, 1.807) is 23.0 Å². The molecule has 0 aliphatic carbocycles. The van der Waals surface area contributed by atoms with Crippen LogP contribution in [-0.2, 0) is 11.2 Å². The Hall–Kier alpha value is -0.910. The maximum absolute atomic E-state index is 11.6. The Morgan fingerprint density at radius 1 is 1.53 bits per heavy atom. The van der Waals surface area contributed by atoms with Crippen molar-refractivity contribution in [3.63, 3.8) is 0 Å². The number of halogens is 2. The highest BCUT2D eigenvalue weighted by Gasteiger charge is 2.08. The van der Waals surface area contributed by atoms with E-state index in [-0.39, 0.29) is 12.4 Å². The van der Waals surface area contributed by atoms with Gasteiger partial charge in [-0.1, -0.05) is 17.7 Å². The zero-order chi connectivity index (χ0) is 12.3. The van der Waals surface area contributed by atoms with Crippen LogP contribution in [0.2, 0.25) is 5.02 Å². The number of hydrogen-bond donors (Lipinski definition) is 0. The van der Waals surface area contributed by atoms with Crippen LogP contribution < -0.4 is 4.74 Å². The van der Waals surface area contributed by atoms with Crippen LogP contribution in [0.4, 0.5) is 0 Å². The lowest BCUT2D eigenvalue weighted by atomic mass is 10.1. The number of hydrogen-bond acceptors (Lipinski definition) is 4. The van der Waals surface area contributed by atoms with E-state index >= 15 is 0 Å². The number of aromatic nitrogens is 1.